The van der Waals surface area contributed by atoms with Gasteiger partial charge in [-0.25, -0.2) is 4.79 Å². The van der Waals surface area contributed by atoms with E-state index < -0.39 is 0 Å². The monoisotopic (exact) mass is 583 g/mol. The molecular weight excluding hydrogens is 546 g/mol. The molecule has 1 aliphatic heterocycles. The van der Waals surface area contributed by atoms with Crippen LogP contribution in [0.4, 0.5) is 16.2 Å². The minimum Gasteiger partial charge on any atom is -0.493 e. The van der Waals surface area contributed by atoms with Crippen molar-refractivity contribution in [1.82, 2.24) is 9.80 Å². The molecule has 3 N–H and O–H groups in total. The van der Waals surface area contributed by atoms with Crippen LogP contribution in [0.2, 0.25) is 0 Å². The summed E-state index contributed by atoms with van der Waals surface area (Å²) in [7, 11) is 5.00. The van der Waals surface area contributed by atoms with Gasteiger partial charge in [-0.2, -0.15) is 0 Å². The van der Waals surface area contributed by atoms with E-state index in [1.54, 1.807) is 19.1 Å². The van der Waals surface area contributed by atoms with Gasteiger partial charge >= 0.3 is 6.03 Å². The highest BCUT2D eigenvalue weighted by Crippen LogP contribution is 2.34. The molecule has 4 aromatic carbocycles. The van der Waals surface area contributed by atoms with E-state index >= 15 is 0 Å². The van der Waals surface area contributed by atoms with Crippen LogP contribution in [-0.2, 0) is 4.74 Å². The lowest BCUT2D eigenvalue weighted by Crippen LogP contribution is -2.51. The van der Waals surface area contributed by atoms with Crippen molar-refractivity contribution in [3.8, 4) is 23.0 Å². The van der Waals surface area contributed by atoms with Gasteiger partial charge in [0.2, 0.25) is 0 Å². The first kappa shape index (κ1) is 29.5. The molecule has 4 aromatic rings. The third-order valence-corrected chi connectivity index (χ3v) is 7.32. The van der Waals surface area contributed by atoms with Gasteiger partial charge in [0, 0.05) is 63.3 Å². The topological polar surface area (TPSA) is 108 Å². The second-order valence-electron chi connectivity index (χ2n) is 10.0. The van der Waals surface area contributed by atoms with Crippen LogP contribution >= 0.6 is 0 Å². The number of hydrogen-bond acceptors (Lipinski definition) is 7. The number of carbonyl (C=O) groups is 1. The van der Waals surface area contributed by atoms with Crippen LogP contribution in [0.5, 0.6) is 23.0 Å². The smallest absolute Gasteiger partial charge is 0.321 e. The molecule has 0 saturated carbocycles. The molecule has 0 aromatic heterocycles. The van der Waals surface area contributed by atoms with Crippen molar-refractivity contribution in [3.05, 3.63) is 84.4 Å². The summed E-state index contributed by atoms with van der Waals surface area (Å²) in [6.45, 7) is 2.88. The van der Waals surface area contributed by atoms with Crippen molar-refractivity contribution in [2.45, 2.75) is 0 Å². The minimum atomic E-state index is -0.176. The molecule has 224 valence electrons. The van der Waals surface area contributed by atoms with Crippen molar-refractivity contribution in [1.29, 1.82) is 5.41 Å². The van der Waals surface area contributed by atoms with Crippen LogP contribution in [0.25, 0.3) is 10.8 Å². The van der Waals surface area contributed by atoms with Crippen molar-refractivity contribution in [2.75, 3.05) is 71.3 Å². The van der Waals surface area contributed by atoms with Crippen LogP contribution in [0, 0.1) is 5.41 Å². The Morgan fingerprint density at radius 2 is 1.51 bits per heavy atom. The maximum atomic E-state index is 13.0. The molecule has 0 unspecified atom stereocenters. The largest absolute Gasteiger partial charge is 0.493 e. The molecule has 1 fully saturated rings. The van der Waals surface area contributed by atoms with E-state index in [4.69, 9.17) is 24.4 Å². The second kappa shape index (κ2) is 13.8. The number of nitrogens with zero attached hydrogens (tertiary/aromatic N) is 2. The number of amides is 2. The molecule has 0 spiro atoms. The second-order valence-corrected chi connectivity index (χ2v) is 10.0. The first-order valence-corrected chi connectivity index (χ1v) is 14.2. The highest BCUT2D eigenvalue weighted by molar-refractivity contribution is 6.02. The van der Waals surface area contributed by atoms with Gasteiger partial charge in [-0.05, 0) is 53.2 Å². The third kappa shape index (κ3) is 7.10. The predicted octanol–water partition coefficient (Wildman–Crippen LogP) is 5.88. The Morgan fingerprint density at radius 3 is 2.21 bits per heavy atom. The third-order valence-electron chi connectivity index (χ3n) is 7.32. The van der Waals surface area contributed by atoms with Crippen molar-refractivity contribution < 1.29 is 23.7 Å². The van der Waals surface area contributed by atoms with Crippen molar-refractivity contribution in [3.63, 3.8) is 0 Å². The normalized spacial score (nSPS) is 13.0. The van der Waals surface area contributed by atoms with Crippen LogP contribution in [-0.4, -0.2) is 82.3 Å². The fourth-order valence-electron chi connectivity index (χ4n) is 4.95. The summed E-state index contributed by atoms with van der Waals surface area (Å²) in [6.07, 6.45) is 0. The summed E-state index contributed by atoms with van der Waals surface area (Å²) in [6, 6.07) is 24.9. The van der Waals surface area contributed by atoms with Crippen LogP contribution in [0.1, 0.15) is 5.56 Å². The minimum absolute atomic E-state index is 0.176. The summed E-state index contributed by atoms with van der Waals surface area (Å²) in [5.74, 6) is 2.92. The van der Waals surface area contributed by atoms with Crippen LogP contribution in [0.3, 0.4) is 0 Å². The number of anilines is 2. The Bertz CT molecular complexity index is 1570. The van der Waals surface area contributed by atoms with Gasteiger partial charge in [0.15, 0.2) is 11.5 Å². The zero-order chi connectivity index (χ0) is 30.2. The van der Waals surface area contributed by atoms with Gasteiger partial charge in [0.25, 0.3) is 0 Å². The average molecular weight is 584 g/mol. The molecular formula is C33H37N5O5. The molecule has 1 heterocycles. The Kier molecular flexibility index (Phi) is 9.48. The highest BCUT2D eigenvalue weighted by atomic mass is 16.5. The van der Waals surface area contributed by atoms with E-state index in [1.807, 2.05) is 78.7 Å². The quantitative estimate of drug-likeness (QED) is 0.122. The Morgan fingerprint density at radius 1 is 0.814 bits per heavy atom. The number of hydrogen-bond donors (Lipinski definition) is 3. The molecule has 10 nitrogen and oxygen atoms in total. The highest BCUT2D eigenvalue weighted by Gasteiger charge is 2.25. The lowest BCUT2D eigenvalue weighted by Gasteiger charge is -2.36. The number of carbonyl (C=O) groups excluding carboxylic acids is 1. The number of amidine groups is 1. The maximum absolute atomic E-state index is 13.0. The maximum Gasteiger partial charge on any atom is 0.321 e. The molecule has 0 atom stereocenters. The molecule has 0 bridgehead atoms. The van der Waals surface area contributed by atoms with Crippen molar-refractivity contribution in [2.24, 2.45) is 0 Å². The lowest BCUT2D eigenvalue weighted by molar-refractivity contribution is 0.144. The molecule has 0 radical (unpaired) electrons. The fraction of sp³-hybridized carbons (Fsp3) is 0.273. The SMILES string of the molecule is CNc1cc(OCCOC)c(OC)cc1C(=N)N1CCN(C(=O)Nc2ccc(Oc3ccc4ccccc4c3)cc2)CC1. The van der Waals surface area contributed by atoms with E-state index in [-0.39, 0.29) is 6.03 Å². The molecule has 43 heavy (non-hydrogen) atoms. The molecule has 0 aliphatic carbocycles. The summed E-state index contributed by atoms with van der Waals surface area (Å²) >= 11 is 0. The number of benzene rings is 4. The Balaban J connectivity index is 1.15. The Hall–Kier alpha value is -4.96. The van der Waals surface area contributed by atoms with Gasteiger partial charge < -0.3 is 39.4 Å². The first-order chi connectivity index (χ1) is 21.0. The number of rotatable bonds is 10. The number of fused-ring (bicyclic) bond motifs is 1. The van der Waals surface area contributed by atoms with Gasteiger partial charge in [0.05, 0.1) is 13.7 Å². The first-order valence-electron chi connectivity index (χ1n) is 14.2. The summed E-state index contributed by atoms with van der Waals surface area (Å²) in [4.78, 5) is 16.7. The number of ether oxygens (including phenoxy) is 4. The zero-order valence-electron chi connectivity index (χ0n) is 24.7. The Labute approximate surface area is 251 Å². The predicted molar refractivity (Wildman–Crippen MR) is 169 cm³/mol. The molecule has 1 saturated heterocycles. The summed E-state index contributed by atoms with van der Waals surface area (Å²) in [5.41, 5.74) is 2.14. The van der Waals surface area contributed by atoms with Gasteiger partial charge in [-0.15, -0.1) is 0 Å². The fourth-order valence-corrected chi connectivity index (χ4v) is 4.95. The van der Waals surface area contributed by atoms with Gasteiger partial charge in [-0.3, -0.25) is 5.41 Å². The number of piperazine rings is 1. The van der Waals surface area contributed by atoms with E-state index in [9.17, 15) is 4.79 Å². The van der Waals surface area contributed by atoms with Crippen LogP contribution < -0.4 is 24.8 Å². The van der Waals surface area contributed by atoms with Crippen molar-refractivity contribution >= 4 is 34.0 Å². The molecule has 2 amide bonds. The molecule has 10 heteroatoms. The number of methoxy groups -OCH3 is 2. The molecule has 1 aliphatic rings. The standard InChI is InChI=1S/C33H37N5O5/c1-35-29-22-31(42-19-18-40-2)30(41-3)21-28(29)32(34)37-14-16-38(17-15-37)33(39)36-25-9-12-26(13-10-25)43-27-11-8-23-6-4-5-7-24(23)20-27/h4-13,20-22,34-35H,14-19H2,1-3H3,(H,36,39). The molecule has 5 rings (SSSR count). The van der Waals surface area contributed by atoms with Crippen LogP contribution in [0.15, 0.2) is 78.9 Å². The van der Waals surface area contributed by atoms with Gasteiger partial charge in [-0.1, -0.05) is 30.3 Å². The van der Waals surface area contributed by atoms with E-state index in [0.29, 0.717) is 73.7 Å². The average Bonchev–Trinajstić information content (AvgIpc) is 3.05. The number of nitrogens with one attached hydrogen (secondary N) is 3. The van der Waals surface area contributed by atoms with Gasteiger partial charge in [0.1, 0.15) is 23.9 Å². The lowest BCUT2D eigenvalue weighted by atomic mass is 10.1. The van der Waals surface area contributed by atoms with E-state index in [0.717, 1.165) is 22.2 Å². The van der Waals surface area contributed by atoms with E-state index in [2.05, 4.69) is 22.8 Å². The number of urea groups is 1. The zero-order valence-corrected chi connectivity index (χ0v) is 24.7. The summed E-state index contributed by atoms with van der Waals surface area (Å²) in [5, 5.41) is 17.3. The van der Waals surface area contributed by atoms with E-state index in [1.165, 1.54) is 0 Å². The summed E-state index contributed by atoms with van der Waals surface area (Å²) < 4.78 is 22.4.